The van der Waals surface area contributed by atoms with Gasteiger partial charge in [0.2, 0.25) is 0 Å². The van der Waals surface area contributed by atoms with Crippen LogP contribution in [0.4, 0.5) is 0 Å². The van der Waals surface area contributed by atoms with Crippen LogP contribution < -0.4 is 0 Å². The van der Waals surface area contributed by atoms with E-state index >= 15 is 0 Å². The summed E-state index contributed by atoms with van der Waals surface area (Å²) in [4.78, 5) is 27.6. The fourth-order valence-corrected chi connectivity index (χ4v) is 4.47. The van der Waals surface area contributed by atoms with Gasteiger partial charge in [-0.15, -0.1) is 0 Å². The molecule has 3 aliphatic heterocycles. The highest BCUT2D eigenvalue weighted by molar-refractivity contribution is 6.03. The molecule has 3 aliphatic rings. The number of benzene rings is 2. The average molecular weight is 305 g/mol. The van der Waals surface area contributed by atoms with E-state index in [-0.39, 0.29) is 29.9 Å². The van der Waals surface area contributed by atoms with E-state index in [9.17, 15) is 9.59 Å². The summed E-state index contributed by atoms with van der Waals surface area (Å²) in [6.07, 6.45) is -0.256. The summed E-state index contributed by atoms with van der Waals surface area (Å²) in [6.45, 7) is 1.56. The SMILES string of the molecule is CC(=O)[C@@]12c3ccccc3[C@@H]([C@@H]3O[C@@H]31)N2C(=O)c1ccccc1. The van der Waals surface area contributed by atoms with Gasteiger partial charge in [-0.2, -0.15) is 0 Å². The summed E-state index contributed by atoms with van der Waals surface area (Å²) >= 11 is 0. The Hall–Kier alpha value is -2.46. The number of hydrogen-bond donors (Lipinski definition) is 0. The Morgan fingerprint density at radius 1 is 1.04 bits per heavy atom. The third kappa shape index (κ3) is 1.36. The molecule has 2 bridgehead atoms. The summed E-state index contributed by atoms with van der Waals surface area (Å²) in [5.41, 5.74) is 1.63. The first-order chi connectivity index (χ1) is 11.2. The Bertz CT molecular complexity index is 847. The zero-order chi connectivity index (χ0) is 15.8. The van der Waals surface area contributed by atoms with E-state index in [1.165, 1.54) is 0 Å². The fraction of sp³-hybridized carbons (Fsp3) is 0.263. The highest BCUT2D eigenvalue weighted by atomic mass is 16.6. The Morgan fingerprint density at radius 2 is 1.74 bits per heavy atom. The van der Waals surface area contributed by atoms with Gasteiger partial charge in [0.05, 0.1) is 6.04 Å². The van der Waals surface area contributed by atoms with Crippen LogP contribution in [0.5, 0.6) is 0 Å². The minimum atomic E-state index is -0.959. The van der Waals surface area contributed by atoms with Gasteiger partial charge >= 0.3 is 0 Å². The second-order valence-electron chi connectivity index (χ2n) is 6.42. The summed E-state index contributed by atoms with van der Waals surface area (Å²) in [7, 11) is 0. The van der Waals surface area contributed by atoms with Crippen LogP contribution in [0, 0.1) is 0 Å². The van der Waals surface area contributed by atoms with Crippen LogP contribution in [0.1, 0.15) is 34.5 Å². The molecule has 4 atom stereocenters. The number of fused-ring (bicyclic) bond motifs is 8. The Kier molecular flexibility index (Phi) is 2.31. The minimum Gasteiger partial charge on any atom is -0.363 e. The molecule has 0 N–H and O–H groups in total. The average Bonchev–Trinajstić information content (AvgIpc) is 3.25. The highest BCUT2D eigenvalue weighted by Crippen LogP contribution is 2.66. The normalized spacial score (nSPS) is 32.4. The van der Waals surface area contributed by atoms with Crippen molar-refractivity contribution in [3.8, 4) is 0 Å². The first-order valence-electron chi connectivity index (χ1n) is 7.82. The third-order valence-electron chi connectivity index (χ3n) is 5.37. The molecule has 1 amide bonds. The van der Waals surface area contributed by atoms with Gasteiger partial charge in [0.25, 0.3) is 5.91 Å². The maximum Gasteiger partial charge on any atom is 0.255 e. The van der Waals surface area contributed by atoms with Gasteiger partial charge < -0.3 is 9.64 Å². The Morgan fingerprint density at radius 3 is 2.48 bits per heavy atom. The number of ether oxygens (including phenoxy) is 1. The minimum absolute atomic E-state index is 0.0262. The number of carbonyl (C=O) groups excluding carboxylic acids is 2. The predicted molar refractivity (Wildman–Crippen MR) is 82.8 cm³/mol. The molecule has 2 aromatic carbocycles. The van der Waals surface area contributed by atoms with Crippen molar-refractivity contribution in [2.24, 2.45) is 0 Å². The van der Waals surface area contributed by atoms with Gasteiger partial charge in [-0.05, 0) is 30.2 Å². The Labute approximate surface area is 133 Å². The number of carbonyl (C=O) groups is 2. The second kappa shape index (κ2) is 4.09. The third-order valence-corrected chi connectivity index (χ3v) is 5.37. The molecule has 5 rings (SSSR count). The van der Waals surface area contributed by atoms with E-state index in [1.807, 2.05) is 42.5 Å². The van der Waals surface area contributed by atoms with Crippen LogP contribution in [-0.4, -0.2) is 28.8 Å². The monoisotopic (exact) mass is 305 g/mol. The molecule has 3 heterocycles. The lowest BCUT2D eigenvalue weighted by Crippen LogP contribution is -2.51. The van der Waals surface area contributed by atoms with Crippen molar-refractivity contribution in [2.45, 2.75) is 30.7 Å². The van der Waals surface area contributed by atoms with Gasteiger partial charge in [-0.1, -0.05) is 42.5 Å². The van der Waals surface area contributed by atoms with Gasteiger partial charge in [-0.3, -0.25) is 9.59 Å². The summed E-state index contributed by atoms with van der Waals surface area (Å²) in [5.74, 6) is -0.125. The number of epoxide rings is 1. The lowest BCUT2D eigenvalue weighted by atomic mass is 9.79. The largest absolute Gasteiger partial charge is 0.363 e. The highest BCUT2D eigenvalue weighted by Gasteiger charge is 2.78. The lowest BCUT2D eigenvalue weighted by Gasteiger charge is -2.35. The number of nitrogens with zero attached hydrogens (tertiary/aromatic N) is 1. The van der Waals surface area contributed by atoms with Gasteiger partial charge in [-0.25, -0.2) is 0 Å². The van der Waals surface area contributed by atoms with Gasteiger partial charge in [0.15, 0.2) is 11.3 Å². The summed E-state index contributed by atoms with van der Waals surface area (Å²) in [6, 6.07) is 16.8. The molecule has 2 aromatic rings. The Balaban J connectivity index is 1.73. The maximum absolute atomic E-state index is 13.2. The number of Topliss-reactive ketones (excluding diaryl/α,β-unsaturated/α-hetero) is 1. The molecule has 2 fully saturated rings. The van der Waals surface area contributed by atoms with Gasteiger partial charge in [0.1, 0.15) is 12.2 Å². The van der Waals surface area contributed by atoms with Crippen molar-refractivity contribution >= 4 is 11.7 Å². The van der Waals surface area contributed by atoms with Crippen molar-refractivity contribution in [1.82, 2.24) is 4.90 Å². The first-order valence-corrected chi connectivity index (χ1v) is 7.82. The van der Waals surface area contributed by atoms with Crippen LogP contribution in [0.2, 0.25) is 0 Å². The van der Waals surface area contributed by atoms with Crippen LogP contribution in [-0.2, 0) is 15.1 Å². The molecule has 114 valence electrons. The zero-order valence-corrected chi connectivity index (χ0v) is 12.6. The van der Waals surface area contributed by atoms with Crippen LogP contribution in [0.15, 0.2) is 54.6 Å². The number of amides is 1. The van der Waals surface area contributed by atoms with Crippen molar-refractivity contribution < 1.29 is 14.3 Å². The van der Waals surface area contributed by atoms with Crippen molar-refractivity contribution in [1.29, 1.82) is 0 Å². The maximum atomic E-state index is 13.2. The van der Waals surface area contributed by atoms with Crippen LogP contribution in [0.25, 0.3) is 0 Å². The molecular formula is C19H15NO3. The predicted octanol–water partition coefficient (Wildman–Crippen LogP) is 2.45. The lowest BCUT2D eigenvalue weighted by molar-refractivity contribution is -0.129. The summed E-state index contributed by atoms with van der Waals surface area (Å²) < 4.78 is 5.79. The van der Waals surface area contributed by atoms with E-state index in [0.29, 0.717) is 5.56 Å². The molecule has 0 aliphatic carbocycles. The molecule has 0 saturated carbocycles. The number of hydrogen-bond acceptors (Lipinski definition) is 3. The van der Waals surface area contributed by atoms with Gasteiger partial charge in [0, 0.05) is 5.56 Å². The molecule has 0 radical (unpaired) electrons. The second-order valence-corrected chi connectivity index (χ2v) is 6.42. The van der Waals surface area contributed by atoms with E-state index in [0.717, 1.165) is 11.1 Å². The van der Waals surface area contributed by atoms with Crippen molar-refractivity contribution in [3.05, 3.63) is 71.3 Å². The molecular weight excluding hydrogens is 290 g/mol. The number of morpholine rings is 1. The standard InChI is InChI=1S/C19H15NO3/c1-11(21)19-14-10-6-5-9-13(14)15(16-17(19)23-16)20(19)18(22)12-7-3-2-4-8-12/h2-10,15-17H,1H3/t15-,16-,17-,19+/m0/s1. The zero-order valence-electron chi connectivity index (χ0n) is 12.6. The topological polar surface area (TPSA) is 49.9 Å². The molecule has 4 nitrogen and oxygen atoms in total. The molecule has 0 unspecified atom stereocenters. The van der Waals surface area contributed by atoms with E-state index in [4.69, 9.17) is 4.74 Å². The van der Waals surface area contributed by atoms with E-state index in [2.05, 4.69) is 0 Å². The van der Waals surface area contributed by atoms with Crippen LogP contribution >= 0.6 is 0 Å². The van der Waals surface area contributed by atoms with Crippen molar-refractivity contribution in [2.75, 3.05) is 0 Å². The van der Waals surface area contributed by atoms with E-state index in [1.54, 1.807) is 24.0 Å². The molecule has 0 aromatic heterocycles. The molecule has 23 heavy (non-hydrogen) atoms. The summed E-state index contributed by atoms with van der Waals surface area (Å²) in [5, 5.41) is 0. The van der Waals surface area contributed by atoms with E-state index < -0.39 is 5.54 Å². The number of ketones is 1. The quantitative estimate of drug-likeness (QED) is 0.801. The van der Waals surface area contributed by atoms with Crippen molar-refractivity contribution in [3.63, 3.8) is 0 Å². The first kappa shape index (κ1) is 13.0. The molecule has 2 saturated heterocycles. The molecule has 0 spiro atoms. The van der Waals surface area contributed by atoms with Crippen LogP contribution in [0.3, 0.4) is 0 Å². The fourth-order valence-electron chi connectivity index (χ4n) is 4.47. The smallest absolute Gasteiger partial charge is 0.255 e. The number of rotatable bonds is 2. The molecule has 4 heteroatoms.